The summed E-state index contributed by atoms with van der Waals surface area (Å²) in [6.07, 6.45) is 3.60. The number of nitrogens with zero attached hydrogens (tertiary/aromatic N) is 4. The zero-order chi connectivity index (χ0) is 25.8. The predicted octanol–water partition coefficient (Wildman–Crippen LogP) is 8.38. The van der Waals surface area contributed by atoms with Crippen LogP contribution in [-0.2, 0) is 21.1 Å². The average Bonchev–Trinajstić information content (AvgIpc) is 3.75. The number of oxazole rings is 1. The maximum atomic E-state index is 6.35. The van der Waals surface area contributed by atoms with E-state index in [2.05, 4.69) is 63.1 Å². The Morgan fingerprint density at radius 1 is 0.725 bits per heavy atom. The SMILES string of the molecule is [Pt+2].[c-]1c(-c2ccccn2)cccc1-n1c2[c-]c(-c3nc4cccc(-c5nccs5)c4o3)ccc2c2ccccc21. The van der Waals surface area contributed by atoms with Crippen LogP contribution in [0.15, 0.2) is 113 Å². The summed E-state index contributed by atoms with van der Waals surface area (Å²) >= 11 is 1.58. The molecule has 5 nitrogen and oxygen atoms in total. The summed E-state index contributed by atoms with van der Waals surface area (Å²) in [5.41, 5.74) is 8.00. The molecule has 0 aliphatic carbocycles. The van der Waals surface area contributed by atoms with Gasteiger partial charge in [-0.05, 0) is 46.5 Å². The fourth-order valence-corrected chi connectivity index (χ4v) is 5.78. The third-order valence-electron chi connectivity index (χ3n) is 6.85. The van der Waals surface area contributed by atoms with Crippen LogP contribution in [0.5, 0.6) is 0 Å². The first-order chi connectivity index (χ1) is 19.3. The number of benzene rings is 4. The fraction of sp³-hybridized carbons (Fsp3) is 0. The van der Waals surface area contributed by atoms with Gasteiger partial charge in [-0.3, -0.25) is 4.98 Å². The molecule has 0 spiro atoms. The Labute approximate surface area is 248 Å². The van der Waals surface area contributed by atoms with Gasteiger partial charge in [0.05, 0.1) is 11.1 Å². The van der Waals surface area contributed by atoms with Crippen LogP contribution >= 0.6 is 11.3 Å². The van der Waals surface area contributed by atoms with Crippen molar-refractivity contribution in [2.45, 2.75) is 0 Å². The molecule has 40 heavy (non-hydrogen) atoms. The molecule has 0 saturated carbocycles. The monoisotopic (exact) mass is 713 g/mol. The van der Waals surface area contributed by atoms with Crippen LogP contribution in [0.2, 0.25) is 0 Å². The molecule has 4 aromatic heterocycles. The molecule has 0 fully saturated rings. The molecule has 192 valence electrons. The van der Waals surface area contributed by atoms with E-state index >= 15 is 0 Å². The molecule has 0 amide bonds. The molecule has 0 aliphatic heterocycles. The zero-order valence-electron chi connectivity index (χ0n) is 20.8. The number of rotatable bonds is 4. The second-order valence-electron chi connectivity index (χ2n) is 9.16. The van der Waals surface area contributed by atoms with Crippen molar-refractivity contribution in [1.29, 1.82) is 0 Å². The summed E-state index contributed by atoms with van der Waals surface area (Å²) in [4.78, 5) is 13.8. The third-order valence-corrected chi connectivity index (χ3v) is 7.66. The van der Waals surface area contributed by atoms with Crippen molar-refractivity contribution in [3.8, 4) is 39.0 Å². The van der Waals surface area contributed by atoms with Gasteiger partial charge in [0.25, 0.3) is 0 Å². The van der Waals surface area contributed by atoms with Crippen molar-refractivity contribution in [3.05, 3.63) is 121 Å². The summed E-state index contributed by atoms with van der Waals surface area (Å²) in [7, 11) is 0. The number of thiazole rings is 1. The van der Waals surface area contributed by atoms with Crippen molar-refractivity contribution >= 4 is 44.2 Å². The first-order valence-electron chi connectivity index (χ1n) is 12.5. The second kappa shape index (κ2) is 9.98. The molecular weight excluding hydrogens is 696 g/mol. The summed E-state index contributed by atoms with van der Waals surface area (Å²) in [5, 5.41) is 5.12. The molecule has 0 atom stereocenters. The van der Waals surface area contributed by atoms with E-state index in [0.717, 1.165) is 66.0 Å². The summed E-state index contributed by atoms with van der Waals surface area (Å²) in [6, 6.07) is 37.8. The van der Waals surface area contributed by atoms with Crippen LogP contribution in [0.1, 0.15) is 0 Å². The van der Waals surface area contributed by atoms with Crippen molar-refractivity contribution in [2.24, 2.45) is 0 Å². The van der Waals surface area contributed by atoms with Crippen LogP contribution in [0.4, 0.5) is 0 Å². The number of hydrogen-bond donors (Lipinski definition) is 0. The Kier molecular flexibility index (Phi) is 6.15. The Balaban J connectivity index is 0.00000264. The van der Waals surface area contributed by atoms with Crippen LogP contribution in [0, 0.1) is 12.1 Å². The van der Waals surface area contributed by atoms with Crippen molar-refractivity contribution in [3.63, 3.8) is 0 Å². The number of aromatic nitrogens is 4. The maximum Gasteiger partial charge on any atom is 2.00 e. The Hall–Kier alpha value is -4.38. The van der Waals surface area contributed by atoms with Crippen molar-refractivity contribution < 1.29 is 25.5 Å². The summed E-state index contributed by atoms with van der Waals surface area (Å²) < 4.78 is 8.55. The smallest absolute Gasteiger partial charge is 0.480 e. The molecule has 7 heteroatoms. The van der Waals surface area contributed by atoms with Gasteiger partial charge in [-0.1, -0.05) is 47.3 Å². The van der Waals surface area contributed by atoms with E-state index in [4.69, 9.17) is 9.40 Å². The molecule has 0 saturated heterocycles. The molecule has 8 rings (SSSR count). The first kappa shape index (κ1) is 24.6. The van der Waals surface area contributed by atoms with E-state index in [1.54, 1.807) is 23.7 Å². The van der Waals surface area contributed by atoms with Gasteiger partial charge >= 0.3 is 21.1 Å². The molecule has 4 aromatic carbocycles. The summed E-state index contributed by atoms with van der Waals surface area (Å²) in [6.45, 7) is 0. The van der Waals surface area contributed by atoms with Gasteiger partial charge in [0.2, 0.25) is 0 Å². The van der Waals surface area contributed by atoms with Crippen LogP contribution in [0.25, 0.3) is 71.9 Å². The molecule has 0 unspecified atom stereocenters. The predicted molar refractivity (Wildman–Crippen MR) is 156 cm³/mol. The van der Waals surface area contributed by atoms with E-state index in [0.29, 0.717) is 5.89 Å². The van der Waals surface area contributed by atoms with Crippen molar-refractivity contribution in [1.82, 2.24) is 19.5 Å². The number of fused-ring (bicyclic) bond motifs is 4. The molecule has 0 aliphatic rings. The van der Waals surface area contributed by atoms with Gasteiger partial charge in [-0.2, -0.15) is 0 Å². The first-order valence-corrected chi connectivity index (χ1v) is 13.4. The number of para-hydroxylation sites is 2. The van der Waals surface area contributed by atoms with E-state index in [9.17, 15) is 0 Å². The Bertz CT molecular complexity index is 2130. The maximum absolute atomic E-state index is 6.35. The molecule has 0 radical (unpaired) electrons. The normalized spacial score (nSPS) is 11.3. The van der Waals surface area contributed by atoms with Gasteiger partial charge in [-0.15, -0.1) is 59.4 Å². The minimum atomic E-state index is 0. The van der Waals surface area contributed by atoms with Gasteiger partial charge in [-0.25, -0.2) is 4.98 Å². The van der Waals surface area contributed by atoms with Crippen LogP contribution < -0.4 is 0 Å². The van der Waals surface area contributed by atoms with E-state index in [1.165, 1.54) is 0 Å². The largest absolute Gasteiger partial charge is 2.00 e. The average molecular weight is 714 g/mol. The Morgan fingerprint density at radius 2 is 1.62 bits per heavy atom. The minimum Gasteiger partial charge on any atom is -0.480 e. The van der Waals surface area contributed by atoms with E-state index in [1.807, 2.05) is 60.0 Å². The van der Waals surface area contributed by atoms with Crippen molar-refractivity contribution in [2.75, 3.05) is 0 Å². The number of hydrogen-bond acceptors (Lipinski definition) is 5. The van der Waals surface area contributed by atoms with E-state index in [-0.39, 0.29) is 21.1 Å². The van der Waals surface area contributed by atoms with Gasteiger partial charge in [0.15, 0.2) is 5.58 Å². The van der Waals surface area contributed by atoms with Gasteiger partial charge in [0, 0.05) is 23.3 Å². The topological polar surface area (TPSA) is 56.7 Å². The fourth-order valence-electron chi connectivity index (χ4n) is 5.12. The standard InChI is InChI=1S/C33H18N4OS.Pt/c1-2-13-29-24(9-1)25-15-14-22(32-36-28-12-6-10-26(31(28)38-32)33-35-17-18-39-33)20-30(25)37(29)23-8-5-7-21(19-23)27-11-3-4-16-34-27;/h1-18H;/q-2;+2. The van der Waals surface area contributed by atoms with Gasteiger partial charge in [0.1, 0.15) is 10.9 Å². The number of pyridine rings is 1. The quantitative estimate of drug-likeness (QED) is 0.172. The Morgan fingerprint density at radius 3 is 2.50 bits per heavy atom. The zero-order valence-corrected chi connectivity index (χ0v) is 23.9. The third kappa shape index (κ3) is 4.00. The summed E-state index contributed by atoms with van der Waals surface area (Å²) in [5.74, 6) is 0.527. The molecule has 0 bridgehead atoms. The van der Waals surface area contributed by atoms with Crippen LogP contribution in [-0.4, -0.2) is 19.5 Å². The molecule has 4 heterocycles. The molecule has 0 N–H and O–H groups in total. The van der Waals surface area contributed by atoms with Crippen LogP contribution in [0.3, 0.4) is 0 Å². The van der Waals surface area contributed by atoms with E-state index < -0.39 is 0 Å². The molecular formula is C33H18N4OPtS. The minimum absolute atomic E-state index is 0. The molecule has 8 aromatic rings. The second-order valence-corrected chi connectivity index (χ2v) is 10.1. The van der Waals surface area contributed by atoms with Gasteiger partial charge < -0.3 is 14.0 Å².